The van der Waals surface area contributed by atoms with Crippen LogP contribution in [0.5, 0.6) is 0 Å². The van der Waals surface area contributed by atoms with Crippen molar-refractivity contribution in [1.82, 2.24) is 15.3 Å². The van der Waals surface area contributed by atoms with Gasteiger partial charge in [-0.1, -0.05) is 0 Å². The van der Waals surface area contributed by atoms with Gasteiger partial charge in [0.25, 0.3) is 5.91 Å². The molecule has 2 aromatic rings. The highest BCUT2D eigenvalue weighted by molar-refractivity contribution is 6.38. The number of hydrogen-bond acceptors (Lipinski definition) is 6. The van der Waals surface area contributed by atoms with Crippen LogP contribution in [0.15, 0.2) is 29.5 Å². The predicted molar refractivity (Wildman–Crippen MR) is 99.4 cm³/mol. The van der Waals surface area contributed by atoms with Gasteiger partial charge in [-0.15, -0.1) is 0 Å². The van der Waals surface area contributed by atoms with Crippen LogP contribution in [0, 0.1) is 12.7 Å². The number of nitrogens with one attached hydrogen (secondary N) is 1. The van der Waals surface area contributed by atoms with Gasteiger partial charge in [0.15, 0.2) is 5.82 Å². The Balaban J connectivity index is 1.67. The monoisotopic (exact) mass is 369 g/mol. The summed E-state index contributed by atoms with van der Waals surface area (Å²) in [6.07, 6.45) is 2.20. The quantitative estimate of drug-likeness (QED) is 0.836. The van der Waals surface area contributed by atoms with Gasteiger partial charge in [0, 0.05) is 12.2 Å². The molecule has 0 unspecified atom stereocenters. The van der Waals surface area contributed by atoms with Crippen LogP contribution in [0.4, 0.5) is 21.6 Å². The number of ether oxygens (including phenoxy) is 1. The summed E-state index contributed by atoms with van der Waals surface area (Å²) in [6, 6.07) is 4.77. The molecule has 0 saturated carbocycles. The number of hydrogen-bond donors (Lipinski definition) is 1. The molecule has 140 valence electrons. The van der Waals surface area contributed by atoms with E-state index in [2.05, 4.69) is 20.3 Å². The highest BCUT2D eigenvalue weighted by Gasteiger charge is 2.26. The summed E-state index contributed by atoms with van der Waals surface area (Å²) in [6.45, 7) is 5.22. The maximum Gasteiger partial charge on any atom is 0.265 e. The number of aryl methyl sites for hydroxylation is 1. The number of aliphatic imine (C=N–C) groups is 1. The van der Waals surface area contributed by atoms with Gasteiger partial charge in [-0.3, -0.25) is 4.79 Å². The van der Waals surface area contributed by atoms with E-state index in [1.807, 2.05) is 11.8 Å². The predicted octanol–water partition coefficient (Wildman–Crippen LogP) is 2.23. The molecule has 2 aliphatic rings. The fraction of sp³-hybridized carbons (Fsp3) is 0.368. The van der Waals surface area contributed by atoms with Gasteiger partial charge in [-0.25, -0.2) is 19.4 Å². The first kappa shape index (κ1) is 17.5. The summed E-state index contributed by atoms with van der Waals surface area (Å²) in [5.74, 6) is 0.133. The summed E-state index contributed by atoms with van der Waals surface area (Å²) >= 11 is 0. The molecule has 0 radical (unpaired) electrons. The molecule has 1 aromatic heterocycles. The number of fused-ring (bicyclic) bond motifs is 1. The van der Waals surface area contributed by atoms with Crippen molar-refractivity contribution in [2.75, 3.05) is 24.7 Å². The normalized spacial score (nSPS) is 16.9. The third-order valence-corrected chi connectivity index (χ3v) is 4.76. The van der Waals surface area contributed by atoms with E-state index in [1.165, 1.54) is 12.4 Å². The van der Waals surface area contributed by atoms with Gasteiger partial charge in [0.2, 0.25) is 0 Å². The third-order valence-electron chi connectivity index (χ3n) is 4.76. The summed E-state index contributed by atoms with van der Waals surface area (Å²) in [4.78, 5) is 27.5. The van der Waals surface area contributed by atoms with Crippen molar-refractivity contribution in [2.45, 2.75) is 26.3 Å². The second-order valence-electron chi connectivity index (χ2n) is 6.71. The molecule has 2 aliphatic heterocycles. The lowest BCUT2D eigenvalue weighted by molar-refractivity contribution is -0.118. The lowest BCUT2D eigenvalue weighted by Gasteiger charge is -2.26. The smallest absolute Gasteiger partial charge is 0.265 e. The number of carbonyl (C=O) groups excluding carboxylic acids is 1. The maximum atomic E-state index is 13.5. The summed E-state index contributed by atoms with van der Waals surface area (Å²) in [5, 5.41) is 2.88. The molecule has 0 spiro atoms. The Morgan fingerprint density at radius 3 is 2.93 bits per heavy atom. The fourth-order valence-electron chi connectivity index (χ4n) is 3.20. The van der Waals surface area contributed by atoms with E-state index < -0.39 is 0 Å². The molecule has 0 atom stereocenters. The van der Waals surface area contributed by atoms with Crippen LogP contribution in [0.3, 0.4) is 0 Å². The third kappa shape index (κ3) is 3.40. The molecule has 1 N–H and O–H groups in total. The zero-order chi connectivity index (χ0) is 19.0. The van der Waals surface area contributed by atoms with Crippen molar-refractivity contribution >= 4 is 28.8 Å². The zero-order valence-electron chi connectivity index (χ0n) is 15.2. The molecule has 1 saturated heterocycles. The lowest BCUT2D eigenvalue weighted by atomic mass is 10.1. The molecule has 1 amide bonds. The highest BCUT2D eigenvalue weighted by Crippen LogP contribution is 2.39. The standard InChI is InChI=1S/C19H20FN5O2/c1-11-17(23-12(2)19(26)24-15-8-27-9-15)18(22-10-21-11)25-6-5-13-7-14(20)3-4-16(13)25/h3-4,7,10,15H,5-6,8-9H2,1-2H3,(H,24,26). The minimum absolute atomic E-state index is 0.0376. The van der Waals surface area contributed by atoms with Gasteiger partial charge in [0.1, 0.15) is 23.5 Å². The van der Waals surface area contributed by atoms with Crippen LogP contribution in [-0.4, -0.2) is 47.4 Å². The Morgan fingerprint density at radius 2 is 2.19 bits per heavy atom. The van der Waals surface area contributed by atoms with Crippen molar-refractivity contribution in [3.8, 4) is 0 Å². The average Bonchev–Trinajstić information content (AvgIpc) is 3.02. The molecule has 4 rings (SSSR count). The number of aromatic nitrogens is 2. The Hall–Kier alpha value is -2.87. The Labute approximate surface area is 156 Å². The summed E-state index contributed by atoms with van der Waals surface area (Å²) in [5.41, 5.74) is 3.39. The average molecular weight is 369 g/mol. The number of anilines is 2. The molecule has 3 heterocycles. The van der Waals surface area contributed by atoms with Crippen molar-refractivity contribution in [2.24, 2.45) is 4.99 Å². The molecule has 8 heteroatoms. The SMILES string of the molecule is CC(=Nc1c(C)ncnc1N1CCc2cc(F)ccc21)C(=O)NC1COC1. The van der Waals surface area contributed by atoms with Gasteiger partial charge in [0.05, 0.1) is 24.9 Å². The Morgan fingerprint density at radius 1 is 1.37 bits per heavy atom. The minimum atomic E-state index is -0.250. The van der Waals surface area contributed by atoms with E-state index in [0.717, 1.165) is 17.7 Å². The Kier molecular flexibility index (Phi) is 4.57. The molecule has 27 heavy (non-hydrogen) atoms. The number of amides is 1. The van der Waals surface area contributed by atoms with Crippen LogP contribution >= 0.6 is 0 Å². The van der Waals surface area contributed by atoms with Crippen LogP contribution in [0.2, 0.25) is 0 Å². The van der Waals surface area contributed by atoms with Gasteiger partial charge in [-0.2, -0.15) is 0 Å². The number of nitrogens with zero attached hydrogens (tertiary/aromatic N) is 4. The Bertz CT molecular complexity index is 926. The molecular weight excluding hydrogens is 349 g/mol. The van der Waals surface area contributed by atoms with Crippen molar-refractivity contribution < 1.29 is 13.9 Å². The molecule has 0 bridgehead atoms. The van der Waals surface area contributed by atoms with E-state index in [-0.39, 0.29) is 17.8 Å². The summed E-state index contributed by atoms with van der Waals surface area (Å²) < 4.78 is 18.6. The van der Waals surface area contributed by atoms with Gasteiger partial charge >= 0.3 is 0 Å². The van der Waals surface area contributed by atoms with Crippen molar-refractivity contribution in [1.29, 1.82) is 0 Å². The lowest BCUT2D eigenvalue weighted by Crippen LogP contribution is -2.50. The van der Waals surface area contributed by atoms with E-state index in [0.29, 0.717) is 42.7 Å². The fourth-order valence-corrected chi connectivity index (χ4v) is 3.20. The topological polar surface area (TPSA) is 79.7 Å². The van der Waals surface area contributed by atoms with E-state index in [1.54, 1.807) is 19.1 Å². The zero-order valence-corrected chi connectivity index (χ0v) is 15.2. The highest BCUT2D eigenvalue weighted by atomic mass is 19.1. The maximum absolute atomic E-state index is 13.5. The molecule has 0 aliphatic carbocycles. The second-order valence-corrected chi connectivity index (χ2v) is 6.71. The second kappa shape index (κ2) is 7.03. The number of rotatable bonds is 4. The summed E-state index contributed by atoms with van der Waals surface area (Å²) in [7, 11) is 0. The van der Waals surface area contributed by atoms with Crippen LogP contribution in [-0.2, 0) is 16.0 Å². The number of carbonyl (C=O) groups is 1. The minimum Gasteiger partial charge on any atom is -0.377 e. The van der Waals surface area contributed by atoms with Crippen LogP contribution in [0.25, 0.3) is 0 Å². The number of halogens is 1. The van der Waals surface area contributed by atoms with E-state index in [9.17, 15) is 9.18 Å². The van der Waals surface area contributed by atoms with Crippen LogP contribution < -0.4 is 10.2 Å². The van der Waals surface area contributed by atoms with Crippen LogP contribution in [0.1, 0.15) is 18.2 Å². The molecule has 7 nitrogen and oxygen atoms in total. The molecular formula is C19H20FN5O2. The van der Waals surface area contributed by atoms with Crippen molar-refractivity contribution in [3.63, 3.8) is 0 Å². The van der Waals surface area contributed by atoms with Crippen molar-refractivity contribution in [3.05, 3.63) is 41.6 Å². The molecule has 1 aromatic carbocycles. The first-order valence-corrected chi connectivity index (χ1v) is 8.84. The van der Waals surface area contributed by atoms with E-state index in [4.69, 9.17) is 4.74 Å². The van der Waals surface area contributed by atoms with Gasteiger partial charge < -0.3 is 15.0 Å². The number of benzene rings is 1. The first-order chi connectivity index (χ1) is 13.0. The molecule has 1 fully saturated rings. The largest absolute Gasteiger partial charge is 0.377 e. The van der Waals surface area contributed by atoms with E-state index >= 15 is 0 Å². The first-order valence-electron chi connectivity index (χ1n) is 8.84. The van der Waals surface area contributed by atoms with Gasteiger partial charge in [-0.05, 0) is 44.0 Å².